The Balaban J connectivity index is 1.59. The zero-order valence-corrected chi connectivity index (χ0v) is 12.7. The summed E-state index contributed by atoms with van der Waals surface area (Å²) in [5.74, 6) is -0.101. The van der Waals surface area contributed by atoms with Crippen LogP contribution in [0.2, 0.25) is 0 Å². The SMILES string of the molecule is CCn1nccc1[C@@H]1OCC[C@H]1C(=O)NCCn1ccnc1. The van der Waals surface area contributed by atoms with Crippen LogP contribution in [0.15, 0.2) is 31.0 Å². The van der Waals surface area contributed by atoms with Crippen molar-refractivity contribution < 1.29 is 9.53 Å². The maximum absolute atomic E-state index is 12.4. The van der Waals surface area contributed by atoms with Gasteiger partial charge in [-0.05, 0) is 19.4 Å². The molecule has 1 aliphatic heterocycles. The Morgan fingerprint density at radius 2 is 2.41 bits per heavy atom. The number of rotatable bonds is 6. The lowest BCUT2D eigenvalue weighted by molar-refractivity contribution is -0.126. The van der Waals surface area contributed by atoms with Gasteiger partial charge in [-0.15, -0.1) is 0 Å². The molecule has 7 heteroatoms. The van der Waals surface area contributed by atoms with E-state index in [1.807, 2.05) is 28.4 Å². The van der Waals surface area contributed by atoms with Crippen molar-refractivity contribution in [1.82, 2.24) is 24.6 Å². The van der Waals surface area contributed by atoms with Crippen molar-refractivity contribution in [2.24, 2.45) is 5.92 Å². The van der Waals surface area contributed by atoms with Crippen LogP contribution >= 0.6 is 0 Å². The maximum Gasteiger partial charge on any atom is 0.226 e. The summed E-state index contributed by atoms with van der Waals surface area (Å²) in [7, 11) is 0. The van der Waals surface area contributed by atoms with E-state index in [0.717, 1.165) is 25.2 Å². The number of amides is 1. The summed E-state index contributed by atoms with van der Waals surface area (Å²) in [6.07, 6.45) is 7.66. The number of carbonyl (C=O) groups excluding carboxylic acids is 1. The first kappa shape index (κ1) is 14.8. The normalized spacial score (nSPS) is 21.1. The molecule has 3 heterocycles. The molecule has 3 rings (SSSR count). The number of aryl methyl sites for hydroxylation is 1. The Bertz CT molecular complexity index is 607. The van der Waals surface area contributed by atoms with E-state index < -0.39 is 0 Å². The predicted molar refractivity (Wildman–Crippen MR) is 79.9 cm³/mol. The molecule has 0 aromatic carbocycles. The fraction of sp³-hybridized carbons (Fsp3) is 0.533. The zero-order chi connectivity index (χ0) is 15.4. The van der Waals surface area contributed by atoms with Crippen molar-refractivity contribution in [2.75, 3.05) is 13.2 Å². The van der Waals surface area contributed by atoms with Crippen molar-refractivity contribution in [2.45, 2.75) is 32.5 Å². The van der Waals surface area contributed by atoms with Gasteiger partial charge >= 0.3 is 0 Å². The molecule has 0 radical (unpaired) electrons. The summed E-state index contributed by atoms with van der Waals surface area (Å²) in [6, 6.07) is 1.94. The number of hydrogen-bond donors (Lipinski definition) is 1. The van der Waals surface area contributed by atoms with E-state index in [2.05, 4.69) is 15.4 Å². The average molecular weight is 303 g/mol. The third-order valence-electron chi connectivity index (χ3n) is 4.00. The lowest BCUT2D eigenvalue weighted by Crippen LogP contribution is -2.34. The highest BCUT2D eigenvalue weighted by Gasteiger charge is 2.36. The summed E-state index contributed by atoms with van der Waals surface area (Å²) in [5, 5.41) is 7.26. The summed E-state index contributed by atoms with van der Waals surface area (Å²) in [4.78, 5) is 16.4. The van der Waals surface area contributed by atoms with Crippen LogP contribution in [0.5, 0.6) is 0 Å². The van der Waals surface area contributed by atoms with Crippen LogP contribution in [0.3, 0.4) is 0 Å². The van der Waals surface area contributed by atoms with E-state index in [0.29, 0.717) is 13.2 Å². The predicted octanol–water partition coefficient (Wildman–Crippen LogP) is 0.993. The second kappa shape index (κ2) is 6.74. The number of aromatic nitrogens is 4. The number of carbonyl (C=O) groups is 1. The van der Waals surface area contributed by atoms with Crippen LogP contribution in [0, 0.1) is 5.92 Å². The van der Waals surface area contributed by atoms with Gasteiger partial charge in [0.2, 0.25) is 5.91 Å². The molecule has 1 amide bonds. The quantitative estimate of drug-likeness (QED) is 0.864. The van der Waals surface area contributed by atoms with Crippen LogP contribution in [0.4, 0.5) is 0 Å². The highest BCUT2D eigenvalue weighted by molar-refractivity contribution is 5.79. The standard InChI is InChI=1S/C15H21N5O2/c1-2-20-13(3-5-18-20)14-12(4-10-22-14)15(21)17-7-9-19-8-6-16-11-19/h3,5-6,8,11-12,14H,2,4,7,9-10H2,1H3,(H,17,21)/t12-,14-/m1/s1. The molecule has 2 aromatic rings. The first-order valence-electron chi connectivity index (χ1n) is 7.66. The molecule has 2 aromatic heterocycles. The topological polar surface area (TPSA) is 74.0 Å². The molecular formula is C15H21N5O2. The maximum atomic E-state index is 12.4. The molecule has 1 saturated heterocycles. The van der Waals surface area contributed by atoms with E-state index in [-0.39, 0.29) is 17.9 Å². The first-order valence-corrected chi connectivity index (χ1v) is 7.66. The third-order valence-corrected chi connectivity index (χ3v) is 4.00. The third kappa shape index (κ3) is 3.04. The van der Waals surface area contributed by atoms with Crippen molar-refractivity contribution in [3.8, 4) is 0 Å². The van der Waals surface area contributed by atoms with Gasteiger partial charge in [-0.25, -0.2) is 4.98 Å². The van der Waals surface area contributed by atoms with E-state index in [1.54, 1.807) is 18.7 Å². The van der Waals surface area contributed by atoms with Crippen LogP contribution in [0.25, 0.3) is 0 Å². The average Bonchev–Trinajstić information content (AvgIpc) is 3.26. The Morgan fingerprint density at radius 3 is 3.18 bits per heavy atom. The Labute approximate surface area is 129 Å². The lowest BCUT2D eigenvalue weighted by Gasteiger charge is -2.19. The molecular weight excluding hydrogens is 282 g/mol. The molecule has 1 fully saturated rings. The van der Waals surface area contributed by atoms with Crippen molar-refractivity contribution >= 4 is 5.91 Å². The van der Waals surface area contributed by atoms with Gasteiger partial charge in [0, 0.05) is 44.8 Å². The lowest BCUT2D eigenvalue weighted by atomic mass is 9.98. The van der Waals surface area contributed by atoms with E-state index in [9.17, 15) is 4.79 Å². The molecule has 0 unspecified atom stereocenters. The van der Waals surface area contributed by atoms with Crippen molar-refractivity contribution in [3.63, 3.8) is 0 Å². The molecule has 118 valence electrons. The molecule has 0 spiro atoms. The number of nitrogens with one attached hydrogen (secondary N) is 1. The monoisotopic (exact) mass is 303 g/mol. The van der Waals surface area contributed by atoms with Crippen molar-refractivity contribution in [1.29, 1.82) is 0 Å². The smallest absolute Gasteiger partial charge is 0.226 e. The highest BCUT2D eigenvalue weighted by atomic mass is 16.5. The number of nitrogens with zero attached hydrogens (tertiary/aromatic N) is 4. The van der Waals surface area contributed by atoms with Gasteiger partial charge in [-0.3, -0.25) is 9.48 Å². The van der Waals surface area contributed by atoms with Gasteiger partial charge < -0.3 is 14.6 Å². The second-order valence-corrected chi connectivity index (χ2v) is 5.35. The van der Waals surface area contributed by atoms with Gasteiger partial charge in [0.15, 0.2) is 0 Å². The minimum atomic E-state index is -0.198. The molecule has 1 aliphatic rings. The zero-order valence-electron chi connectivity index (χ0n) is 12.7. The number of ether oxygens (including phenoxy) is 1. The van der Waals surface area contributed by atoms with E-state index in [1.165, 1.54) is 0 Å². The van der Waals surface area contributed by atoms with Gasteiger partial charge in [0.1, 0.15) is 6.10 Å². The summed E-state index contributed by atoms with van der Waals surface area (Å²) >= 11 is 0. The molecule has 22 heavy (non-hydrogen) atoms. The van der Waals surface area contributed by atoms with Crippen LogP contribution in [0.1, 0.15) is 25.1 Å². The minimum absolute atomic E-state index is 0.0477. The van der Waals surface area contributed by atoms with Crippen LogP contribution < -0.4 is 5.32 Å². The minimum Gasteiger partial charge on any atom is -0.371 e. The fourth-order valence-corrected chi connectivity index (χ4v) is 2.86. The van der Waals surface area contributed by atoms with E-state index >= 15 is 0 Å². The summed E-state index contributed by atoms with van der Waals surface area (Å²) < 4.78 is 9.62. The van der Waals surface area contributed by atoms with Crippen LogP contribution in [-0.2, 0) is 22.6 Å². The highest BCUT2D eigenvalue weighted by Crippen LogP contribution is 2.34. The Kier molecular flexibility index (Phi) is 4.53. The molecule has 0 bridgehead atoms. The van der Waals surface area contributed by atoms with Gasteiger partial charge in [0.25, 0.3) is 0 Å². The van der Waals surface area contributed by atoms with Crippen LogP contribution in [-0.4, -0.2) is 38.4 Å². The van der Waals surface area contributed by atoms with Gasteiger partial charge in [-0.1, -0.05) is 0 Å². The molecule has 1 N–H and O–H groups in total. The Morgan fingerprint density at radius 1 is 1.50 bits per heavy atom. The van der Waals surface area contributed by atoms with Gasteiger partial charge in [-0.2, -0.15) is 5.10 Å². The first-order chi connectivity index (χ1) is 10.8. The molecule has 0 saturated carbocycles. The summed E-state index contributed by atoms with van der Waals surface area (Å²) in [6.45, 7) is 4.73. The second-order valence-electron chi connectivity index (χ2n) is 5.35. The van der Waals surface area contributed by atoms with Gasteiger partial charge in [0.05, 0.1) is 17.9 Å². The number of hydrogen-bond acceptors (Lipinski definition) is 4. The molecule has 2 atom stereocenters. The largest absolute Gasteiger partial charge is 0.371 e. The Hall–Kier alpha value is -2.15. The van der Waals surface area contributed by atoms with E-state index in [4.69, 9.17) is 4.74 Å². The summed E-state index contributed by atoms with van der Waals surface area (Å²) in [5.41, 5.74) is 0.981. The molecule has 0 aliphatic carbocycles. The number of imidazole rings is 1. The van der Waals surface area contributed by atoms with Crippen molar-refractivity contribution in [3.05, 3.63) is 36.7 Å². The molecule has 7 nitrogen and oxygen atoms in total. The fourth-order valence-electron chi connectivity index (χ4n) is 2.86.